The number of hydrogen-bond acceptors (Lipinski definition) is 7. The second kappa shape index (κ2) is 6.08. The number of rotatable bonds is 6. The average Bonchev–Trinajstić information content (AvgIpc) is 2.86. The van der Waals surface area contributed by atoms with Crippen LogP contribution in [-0.4, -0.2) is 47.2 Å². The number of anilines is 1. The van der Waals surface area contributed by atoms with Gasteiger partial charge in [-0.15, -0.1) is 5.10 Å². The highest BCUT2D eigenvalue weighted by Gasteiger charge is 2.13. The summed E-state index contributed by atoms with van der Waals surface area (Å²) in [6, 6.07) is 5.22. The number of aryl methyl sites for hydroxylation is 1. The lowest BCUT2D eigenvalue weighted by atomic mass is 10.2. The van der Waals surface area contributed by atoms with E-state index in [1.165, 1.54) is 10.9 Å². The third-order valence-corrected chi connectivity index (χ3v) is 3.70. The molecule has 1 aromatic carbocycles. The molecule has 1 heterocycles. The smallest absolute Gasteiger partial charge is 0.182 e. The zero-order valence-electron chi connectivity index (χ0n) is 11.9. The summed E-state index contributed by atoms with van der Waals surface area (Å²) in [5.74, 6) is 1.03. The molecule has 2 rings (SSSR count). The molecular weight excluding hydrogens is 294 g/mol. The first kappa shape index (κ1) is 15.2. The molecule has 9 heteroatoms. The number of benzene rings is 1. The fourth-order valence-corrected chi connectivity index (χ4v) is 2.29. The summed E-state index contributed by atoms with van der Waals surface area (Å²) in [5, 5.41) is 11.3. The highest BCUT2D eigenvalue weighted by molar-refractivity contribution is 7.90. The maximum Gasteiger partial charge on any atom is 0.182 e. The van der Waals surface area contributed by atoms with Gasteiger partial charge < -0.3 is 10.5 Å². The zero-order chi connectivity index (χ0) is 15.5. The minimum absolute atomic E-state index is 0.0302. The van der Waals surface area contributed by atoms with Gasteiger partial charge in [0.1, 0.15) is 15.6 Å². The van der Waals surface area contributed by atoms with Crippen LogP contribution >= 0.6 is 0 Å². The lowest BCUT2D eigenvalue weighted by Crippen LogP contribution is -2.13. The van der Waals surface area contributed by atoms with Crippen LogP contribution in [0.25, 0.3) is 11.4 Å². The van der Waals surface area contributed by atoms with Gasteiger partial charge >= 0.3 is 0 Å². The second-order valence-electron chi connectivity index (χ2n) is 4.54. The monoisotopic (exact) mass is 311 g/mol. The largest absolute Gasteiger partial charge is 0.492 e. The van der Waals surface area contributed by atoms with Gasteiger partial charge in [-0.25, -0.2) is 13.1 Å². The molecule has 0 radical (unpaired) electrons. The van der Waals surface area contributed by atoms with E-state index in [0.29, 0.717) is 29.4 Å². The molecule has 0 fully saturated rings. The SMILES string of the molecule is CCOc1ccc(-c2nnnn2CCS(C)(=O)=O)cc1N. The van der Waals surface area contributed by atoms with Crippen molar-refractivity contribution in [3.8, 4) is 17.1 Å². The third-order valence-electron chi connectivity index (χ3n) is 2.77. The molecule has 0 spiro atoms. The van der Waals surface area contributed by atoms with Gasteiger partial charge in [0.2, 0.25) is 0 Å². The Hall–Kier alpha value is -2.16. The van der Waals surface area contributed by atoms with Crippen LogP contribution in [0.1, 0.15) is 6.92 Å². The van der Waals surface area contributed by atoms with Gasteiger partial charge in [0.25, 0.3) is 0 Å². The molecule has 0 unspecified atom stereocenters. The molecule has 114 valence electrons. The standard InChI is InChI=1S/C12H17N5O3S/c1-3-20-11-5-4-9(8-10(11)13)12-14-15-16-17(12)6-7-21(2,18)19/h4-5,8H,3,6-7,13H2,1-2H3. The summed E-state index contributed by atoms with van der Waals surface area (Å²) >= 11 is 0. The number of nitrogens with two attached hydrogens (primary N) is 1. The Kier molecular flexibility index (Phi) is 4.41. The summed E-state index contributed by atoms with van der Waals surface area (Å²) in [6.45, 7) is 2.59. The molecule has 2 aromatic rings. The molecule has 8 nitrogen and oxygen atoms in total. The van der Waals surface area contributed by atoms with Crippen molar-refractivity contribution in [3.05, 3.63) is 18.2 Å². The lowest BCUT2D eigenvalue weighted by molar-refractivity contribution is 0.342. The summed E-state index contributed by atoms with van der Waals surface area (Å²) in [5.41, 5.74) is 7.09. The number of nitrogens with zero attached hydrogens (tertiary/aromatic N) is 4. The van der Waals surface area contributed by atoms with Gasteiger partial charge in [0.15, 0.2) is 5.82 Å². The van der Waals surface area contributed by atoms with E-state index in [2.05, 4.69) is 15.5 Å². The molecule has 0 aliphatic rings. The van der Waals surface area contributed by atoms with Crippen LogP contribution in [0.5, 0.6) is 5.75 Å². The summed E-state index contributed by atoms with van der Waals surface area (Å²) in [7, 11) is -3.08. The van der Waals surface area contributed by atoms with Crippen LogP contribution in [0.3, 0.4) is 0 Å². The Morgan fingerprint density at radius 1 is 1.38 bits per heavy atom. The third kappa shape index (κ3) is 3.91. The molecule has 1 aromatic heterocycles. The van der Waals surface area contributed by atoms with Crippen molar-refractivity contribution in [1.82, 2.24) is 20.2 Å². The number of hydrogen-bond donors (Lipinski definition) is 1. The minimum atomic E-state index is -3.08. The van der Waals surface area contributed by atoms with Crippen molar-refractivity contribution < 1.29 is 13.2 Å². The van der Waals surface area contributed by atoms with Crippen molar-refractivity contribution in [2.45, 2.75) is 13.5 Å². The van der Waals surface area contributed by atoms with Crippen molar-refractivity contribution in [3.63, 3.8) is 0 Å². The molecule has 2 N–H and O–H groups in total. The molecule has 0 saturated heterocycles. The lowest BCUT2D eigenvalue weighted by Gasteiger charge is -2.09. The van der Waals surface area contributed by atoms with Gasteiger partial charge in [0.05, 0.1) is 24.6 Å². The first-order chi connectivity index (χ1) is 9.90. The molecule has 0 amide bonds. The Morgan fingerprint density at radius 3 is 2.76 bits per heavy atom. The normalized spacial score (nSPS) is 11.5. The average molecular weight is 311 g/mol. The first-order valence-corrected chi connectivity index (χ1v) is 8.43. The number of aromatic nitrogens is 4. The van der Waals surface area contributed by atoms with E-state index >= 15 is 0 Å². The molecule has 0 aliphatic carbocycles. The van der Waals surface area contributed by atoms with E-state index in [9.17, 15) is 8.42 Å². The van der Waals surface area contributed by atoms with Crippen molar-refractivity contribution in [2.24, 2.45) is 0 Å². The number of ether oxygens (including phenoxy) is 1. The Labute approximate surface area is 122 Å². The maximum atomic E-state index is 11.2. The maximum absolute atomic E-state index is 11.2. The van der Waals surface area contributed by atoms with Gasteiger partial charge in [-0.1, -0.05) is 0 Å². The van der Waals surface area contributed by atoms with E-state index < -0.39 is 9.84 Å². The predicted octanol–water partition coefficient (Wildman–Crippen LogP) is 0.366. The first-order valence-electron chi connectivity index (χ1n) is 6.37. The fourth-order valence-electron chi connectivity index (χ4n) is 1.79. The minimum Gasteiger partial charge on any atom is -0.492 e. The predicted molar refractivity (Wildman–Crippen MR) is 78.5 cm³/mol. The van der Waals surface area contributed by atoms with Crippen LogP contribution in [-0.2, 0) is 16.4 Å². The number of sulfone groups is 1. The zero-order valence-corrected chi connectivity index (χ0v) is 12.7. The Balaban J connectivity index is 2.27. The number of nitrogen functional groups attached to an aromatic ring is 1. The van der Waals surface area contributed by atoms with Gasteiger partial charge in [-0.05, 0) is 35.5 Å². The molecule has 0 bridgehead atoms. The van der Waals surface area contributed by atoms with E-state index in [-0.39, 0.29) is 12.3 Å². The van der Waals surface area contributed by atoms with Crippen molar-refractivity contribution in [1.29, 1.82) is 0 Å². The molecule has 21 heavy (non-hydrogen) atoms. The molecule has 0 saturated carbocycles. The highest BCUT2D eigenvalue weighted by atomic mass is 32.2. The van der Waals surface area contributed by atoms with E-state index in [4.69, 9.17) is 10.5 Å². The van der Waals surface area contributed by atoms with E-state index in [1.54, 1.807) is 18.2 Å². The summed E-state index contributed by atoms with van der Waals surface area (Å²) in [6.07, 6.45) is 1.17. The fraction of sp³-hybridized carbons (Fsp3) is 0.417. The van der Waals surface area contributed by atoms with E-state index in [1.807, 2.05) is 6.92 Å². The van der Waals surface area contributed by atoms with Gasteiger partial charge in [-0.2, -0.15) is 0 Å². The Morgan fingerprint density at radius 2 is 2.14 bits per heavy atom. The van der Waals surface area contributed by atoms with E-state index in [0.717, 1.165) is 0 Å². The number of tetrazole rings is 1. The molecule has 0 aliphatic heterocycles. The summed E-state index contributed by atoms with van der Waals surface area (Å²) < 4.78 is 29.3. The van der Waals surface area contributed by atoms with Crippen LogP contribution in [0, 0.1) is 0 Å². The molecule has 0 atom stereocenters. The quantitative estimate of drug-likeness (QED) is 0.766. The van der Waals surface area contributed by atoms with Crippen LogP contribution < -0.4 is 10.5 Å². The second-order valence-corrected chi connectivity index (χ2v) is 6.80. The summed E-state index contributed by atoms with van der Waals surface area (Å²) in [4.78, 5) is 0. The Bertz CT molecular complexity index is 726. The van der Waals surface area contributed by atoms with Crippen molar-refractivity contribution in [2.75, 3.05) is 24.3 Å². The topological polar surface area (TPSA) is 113 Å². The highest BCUT2D eigenvalue weighted by Crippen LogP contribution is 2.27. The van der Waals surface area contributed by atoms with Gasteiger partial charge in [0, 0.05) is 11.8 Å². The van der Waals surface area contributed by atoms with Crippen LogP contribution in [0.4, 0.5) is 5.69 Å². The van der Waals surface area contributed by atoms with Crippen LogP contribution in [0.2, 0.25) is 0 Å². The molecular formula is C12H17N5O3S. The van der Waals surface area contributed by atoms with Gasteiger partial charge in [-0.3, -0.25) is 0 Å². The van der Waals surface area contributed by atoms with Crippen LogP contribution in [0.15, 0.2) is 18.2 Å². The van der Waals surface area contributed by atoms with Crippen molar-refractivity contribution >= 4 is 15.5 Å².